The van der Waals surface area contributed by atoms with Crippen molar-refractivity contribution in [2.45, 2.75) is 58.9 Å². The summed E-state index contributed by atoms with van der Waals surface area (Å²) in [4.78, 5) is 28.2. The van der Waals surface area contributed by atoms with Gasteiger partial charge in [0.1, 0.15) is 5.82 Å². The van der Waals surface area contributed by atoms with E-state index in [0.717, 1.165) is 56.4 Å². The molecular formula is C20H33N5O. The maximum Gasteiger partial charge on any atom is 0.227 e. The second kappa shape index (κ2) is 7.41. The van der Waals surface area contributed by atoms with Crippen molar-refractivity contribution in [3.8, 4) is 0 Å². The number of anilines is 2. The number of aromatic nitrogens is 2. The molecular weight excluding hydrogens is 326 g/mol. The Balaban J connectivity index is 1.84. The van der Waals surface area contributed by atoms with E-state index in [1.165, 1.54) is 6.42 Å². The average molecular weight is 360 g/mol. The molecule has 0 radical (unpaired) electrons. The minimum absolute atomic E-state index is 0.200. The van der Waals surface area contributed by atoms with Gasteiger partial charge in [-0.1, -0.05) is 6.92 Å². The molecule has 1 amide bonds. The fourth-order valence-electron chi connectivity index (χ4n) is 4.26. The van der Waals surface area contributed by atoms with Crippen LogP contribution in [0.25, 0.3) is 0 Å². The summed E-state index contributed by atoms with van der Waals surface area (Å²) in [6.45, 7) is 9.28. The van der Waals surface area contributed by atoms with Crippen molar-refractivity contribution >= 4 is 17.7 Å². The summed E-state index contributed by atoms with van der Waals surface area (Å²) >= 11 is 0. The summed E-state index contributed by atoms with van der Waals surface area (Å²) < 4.78 is 0. The van der Waals surface area contributed by atoms with Gasteiger partial charge in [0.2, 0.25) is 11.9 Å². The first-order chi connectivity index (χ1) is 12.3. The minimum Gasteiger partial charge on any atom is -0.356 e. The van der Waals surface area contributed by atoms with Crippen LogP contribution in [0.15, 0.2) is 6.07 Å². The third kappa shape index (κ3) is 3.79. The van der Waals surface area contributed by atoms with Crippen molar-refractivity contribution in [3.63, 3.8) is 0 Å². The van der Waals surface area contributed by atoms with Gasteiger partial charge in [0.05, 0.1) is 0 Å². The molecule has 0 saturated carbocycles. The Bertz CT molecular complexity index is 660. The van der Waals surface area contributed by atoms with Gasteiger partial charge in [-0.05, 0) is 39.5 Å². The molecule has 144 valence electrons. The number of piperidine rings is 2. The highest BCUT2D eigenvalue weighted by Gasteiger charge is 2.42. The minimum atomic E-state index is 0.200. The molecule has 2 fully saturated rings. The molecule has 2 aliphatic heterocycles. The zero-order chi connectivity index (χ0) is 18.9. The van der Waals surface area contributed by atoms with Crippen LogP contribution in [0.2, 0.25) is 0 Å². The number of likely N-dealkylation sites (tertiary alicyclic amines) is 1. The Morgan fingerprint density at radius 2 is 2.00 bits per heavy atom. The SMILES string of the molecule is CCc1cc(N2CCC[C@]3(CCC(=O)N(C(C)C)C3)C2)nc(N(C)C)n1. The van der Waals surface area contributed by atoms with E-state index in [-0.39, 0.29) is 11.5 Å². The zero-order valence-electron chi connectivity index (χ0n) is 17.0. The number of nitrogens with zero attached hydrogens (tertiary/aromatic N) is 5. The first-order valence-corrected chi connectivity index (χ1v) is 9.93. The first-order valence-electron chi connectivity index (χ1n) is 9.93. The van der Waals surface area contributed by atoms with Gasteiger partial charge in [-0.3, -0.25) is 4.79 Å². The smallest absolute Gasteiger partial charge is 0.227 e. The fourth-order valence-corrected chi connectivity index (χ4v) is 4.26. The molecule has 0 N–H and O–H groups in total. The summed E-state index contributed by atoms with van der Waals surface area (Å²) in [6.07, 6.45) is 4.94. The predicted octanol–water partition coefficient (Wildman–Crippen LogP) is 2.72. The standard InChI is InChI=1S/C20H33N5O/c1-6-16-12-17(22-19(21-16)23(4)5)24-11-7-9-20(13-24)10-8-18(26)25(14-20)15(2)3/h12,15H,6-11,13-14H2,1-5H3/t20-/m0/s1. The van der Waals surface area contributed by atoms with Gasteiger partial charge in [-0.15, -0.1) is 0 Å². The Morgan fingerprint density at radius 3 is 2.65 bits per heavy atom. The highest BCUT2D eigenvalue weighted by Crippen LogP contribution is 2.40. The molecule has 0 unspecified atom stereocenters. The molecule has 26 heavy (non-hydrogen) atoms. The van der Waals surface area contributed by atoms with E-state index < -0.39 is 0 Å². The van der Waals surface area contributed by atoms with Crippen LogP contribution in [0.5, 0.6) is 0 Å². The largest absolute Gasteiger partial charge is 0.356 e. The number of carbonyl (C=O) groups is 1. The average Bonchev–Trinajstić information content (AvgIpc) is 2.63. The van der Waals surface area contributed by atoms with E-state index in [2.05, 4.69) is 41.6 Å². The van der Waals surface area contributed by atoms with Gasteiger partial charge in [0, 0.05) is 63.4 Å². The van der Waals surface area contributed by atoms with Crippen LogP contribution in [0.4, 0.5) is 11.8 Å². The topological polar surface area (TPSA) is 52.6 Å². The summed E-state index contributed by atoms with van der Waals surface area (Å²) in [5.74, 6) is 2.13. The molecule has 1 atom stereocenters. The van der Waals surface area contributed by atoms with Crippen molar-refractivity contribution in [1.82, 2.24) is 14.9 Å². The zero-order valence-corrected chi connectivity index (χ0v) is 17.0. The van der Waals surface area contributed by atoms with Crippen molar-refractivity contribution in [1.29, 1.82) is 0 Å². The molecule has 1 aromatic rings. The third-order valence-electron chi connectivity index (χ3n) is 5.82. The van der Waals surface area contributed by atoms with Gasteiger partial charge < -0.3 is 14.7 Å². The highest BCUT2D eigenvalue weighted by molar-refractivity contribution is 5.77. The molecule has 3 heterocycles. The number of aryl methyl sites for hydroxylation is 1. The lowest BCUT2D eigenvalue weighted by Gasteiger charge is -2.49. The maximum absolute atomic E-state index is 12.3. The van der Waals surface area contributed by atoms with Crippen LogP contribution >= 0.6 is 0 Å². The molecule has 1 aromatic heterocycles. The predicted molar refractivity (Wildman–Crippen MR) is 106 cm³/mol. The number of hydrogen-bond donors (Lipinski definition) is 0. The molecule has 0 aliphatic carbocycles. The Labute approximate surface area is 157 Å². The van der Waals surface area contributed by atoms with Gasteiger partial charge >= 0.3 is 0 Å². The van der Waals surface area contributed by atoms with Crippen LogP contribution < -0.4 is 9.80 Å². The molecule has 0 bridgehead atoms. The van der Waals surface area contributed by atoms with Gasteiger partial charge in [-0.2, -0.15) is 4.98 Å². The molecule has 6 heteroatoms. The van der Waals surface area contributed by atoms with E-state index in [1.54, 1.807) is 0 Å². The summed E-state index contributed by atoms with van der Waals surface area (Å²) in [5, 5.41) is 0. The molecule has 3 rings (SSSR count). The Hall–Kier alpha value is -1.85. The van der Waals surface area contributed by atoms with Crippen LogP contribution in [0.1, 0.15) is 52.1 Å². The summed E-state index contributed by atoms with van der Waals surface area (Å²) in [6, 6.07) is 2.42. The van der Waals surface area contributed by atoms with Crippen molar-refractivity contribution in [3.05, 3.63) is 11.8 Å². The third-order valence-corrected chi connectivity index (χ3v) is 5.82. The number of hydrogen-bond acceptors (Lipinski definition) is 5. The quantitative estimate of drug-likeness (QED) is 0.827. The van der Waals surface area contributed by atoms with Crippen LogP contribution in [-0.2, 0) is 11.2 Å². The molecule has 2 aliphatic rings. The Kier molecular flexibility index (Phi) is 5.39. The number of rotatable bonds is 4. The highest BCUT2D eigenvalue weighted by atomic mass is 16.2. The molecule has 6 nitrogen and oxygen atoms in total. The second-order valence-electron chi connectivity index (χ2n) is 8.41. The van der Waals surface area contributed by atoms with E-state index in [9.17, 15) is 4.79 Å². The summed E-state index contributed by atoms with van der Waals surface area (Å²) in [5.41, 5.74) is 1.28. The lowest BCUT2D eigenvalue weighted by atomic mass is 9.73. The normalized spacial score (nSPS) is 23.8. The Morgan fingerprint density at radius 1 is 1.23 bits per heavy atom. The maximum atomic E-state index is 12.3. The van der Waals surface area contributed by atoms with Crippen LogP contribution in [0, 0.1) is 5.41 Å². The van der Waals surface area contributed by atoms with Gasteiger partial charge in [0.25, 0.3) is 0 Å². The number of amides is 1. The molecule has 0 aromatic carbocycles. The van der Waals surface area contributed by atoms with Crippen molar-refractivity contribution < 1.29 is 4.79 Å². The van der Waals surface area contributed by atoms with E-state index >= 15 is 0 Å². The lowest BCUT2D eigenvalue weighted by Crippen LogP contribution is -2.55. The van der Waals surface area contributed by atoms with Crippen molar-refractivity contribution in [2.24, 2.45) is 5.41 Å². The van der Waals surface area contributed by atoms with Crippen molar-refractivity contribution in [2.75, 3.05) is 43.5 Å². The molecule has 1 spiro atoms. The second-order valence-corrected chi connectivity index (χ2v) is 8.41. The summed E-state index contributed by atoms with van der Waals surface area (Å²) in [7, 11) is 3.98. The van der Waals surface area contributed by atoms with Gasteiger partial charge in [-0.25, -0.2) is 4.98 Å². The van der Waals surface area contributed by atoms with Crippen LogP contribution in [-0.4, -0.2) is 60.5 Å². The number of carbonyl (C=O) groups excluding carboxylic acids is 1. The first kappa shape index (κ1) is 18.9. The lowest BCUT2D eigenvalue weighted by molar-refractivity contribution is -0.140. The van der Waals surface area contributed by atoms with E-state index in [1.807, 2.05) is 19.0 Å². The van der Waals surface area contributed by atoms with Crippen LogP contribution in [0.3, 0.4) is 0 Å². The monoisotopic (exact) mass is 359 g/mol. The van der Waals surface area contributed by atoms with E-state index in [4.69, 9.17) is 4.98 Å². The van der Waals surface area contributed by atoms with Gasteiger partial charge in [0.15, 0.2) is 0 Å². The van der Waals surface area contributed by atoms with E-state index in [0.29, 0.717) is 12.3 Å². The molecule has 2 saturated heterocycles. The fraction of sp³-hybridized carbons (Fsp3) is 0.750.